The molecule has 0 amide bonds. The molecule has 0 N–H and O–H groups in total. The number of benzene rings is 1. The fourth-order valence-electron chi connectivity index (χ4n) is 3.85. The van der Waals surface area contributed by atoms with Crippen LogP contribution in [0.25, 0.3) is 10.9 Å². The molecule has 146 valence electrons. The molecule has 1 aromatic carbocycles. The highest BCUT2D eigenvalue weighted by Crippen LogP contribution is 2.32. The Labute approximate surface area is 160 Å². The number of alkyl halides is 2. The predicted octanol–water partition coefficient (Wildman–Crippen LogP) is 3.10. The lowest BCUT2D eigenvalue weighted by Gasteiger charge is -2.26. The molecule has 1 aliphatic rings. The Kier molecular flexibility index (Phi) is 5.13. The van der Waals surface area contributed by atoms with E-state index in [2.05, 4.69) is 19.9 Å². The number of rotatable bonds is 5. The van der Waals surface area contributed by atoms with Crippen molar-refractivity contribution in [3.63, 3.8) is 0 Å². The van der Waals surface area contributed by atoms with Crippen molar-refractivity contribution in [1.29, 1.82) is 0 Å². The number of hydrogen-bond acceptors (Lipinski definition) is 5. The summed E-state index contributed by atoms with van der Waals surface area (Å²) in [5.74, 6) is 0.406. The number of halogens is 2. The highest BCUT2D eigenvalue weighted by atomic mass is 19.3. The van der Waals surface area contributed by atoms with E-state index in [4.69, 9.17) is 0 Å². The smallest absolute Gasteiger partial charge is 0.261 e. The van der Waals surface area contributed by atoms with Crippen molar-refractivity contribution in [2.24, 2.45) is 0 Å². The number of para-hydroxylation sites is 1. The molecule has 1 saturated heterocycles. The Morgan fingerprint density at radius 1 is 1.21 bits per heavy atom. The second kappa shape index (κ2) is 7.71. The number of likely N-dealkylation sites (tertiary alicyclic amines) is 1. The Morgan fingerprint density at radius 3 is 2.79 bits per heavy atom. The zero-order valence-electron chi connectivity index (χ0n) is 15.6. The minimum Gasteiger partial charge on any atom is -0.289 e. The van der Waals surface area contributed by atoms with Gasteiger partial charge in [-0.25, -0.2) is 13.8 Å². The second-order valence-electron chi connectivity index (χ2n) is 7.01. The minimum absolute atomic E-state index is 0.211. The quantitative estimate of drug-likeness (QED) is 0.675. The van der Waals surface area contributed by atoms with Gasteiger partial charge in [-0.05, 0) is 38.4 Å². The Balaban J connectivity index is 1.78. The summed E-state index contributed by atoms with van der Waals surface area (Å²) in [6, 6.07) is 6.68. The zero-order valence-corrected chi connectivity index (χ0v) is 15.6. The van der Waals surface area contributed by atoms with Crippen molar-refractivity contribution in [3.05, 3.63) is 64.2 Å². The van der Waals surface area contributed by atoms with E-state index in [1.807, 2.05) is 6.92 Å². The molecular weight excluding hydrogens is 364 g/mol. The molecule has 28 heavy (non-hydrogen) atoms. The van der Waals surface area contributed by atoms with Crippen LogP contribution in [-0.2, 0) is 13.1 Å². The Morgan fingerprint density at radius 2 is 2.00 bits per heavy atom. The van der Waals surface area contributed by atoms with Gasteiger partial charge in [0, 0.05) is 18.9 Å². The average Bonchev–Trinajstić information content (AvgIpc) is 3.13. The Hall–Kier alpha value is -2.74. The van der Waals surface area contributed by atoms with Gasteiger partial charge in [0.1, 0.15) is 5.82 Å². The first kappa shape index (κ1) is 18.6. The van der Waals surface area contributed by atoms with Crippen LogP contribution in [0.3, 0.4) is 0 Å². The molecule has 0 saturated carbocycles. The van der Waals surface area contributed by atoms with E-state index in [9.17, 15) is 13.6 Å². The van der Waals surface area contributed by atoms with Crippen molar-refractivity contribution in [2.45, 2.75) is 45.3 Å². The van der Waals surface area contributed by atoms with Crippen LogP contribution >= 0.6 is 0 Å². The maximum Gasteiger partial charge on any atom is 0.261 e. The molecule has 1 aliphatic heterocycles. The molecule has 0 spiro atoms. The lowest BCUT2D eigenvalue weighted by molar-refractivity contribution is 0.120. The van der Waals surface area contributed by atoms with Crippen molar-refractivity contribution >= 4 is 10.9 Å². The van der Waals surface area contributed by atoms with E-state index in [1.54, 1.807) is 36.7 Å². The first-order chi connectivity index (χ1) is 13.5. The molecule has 0 aliphatic carbocycles. The van der Waals surface area contributed by atoms with Crippen molar-refractivity contribution in [3.8, 4) is 0 Å². The molecule has 8 heteroatoms. The van der Waals surface area contributed by atoms with Gasteiger partial charge in [-0.15, -0.1) is 0 Å². The first-order valence-electron chi connectivity index (χ1n) is 9.32. The fourth-order valence-corrected chi connectivity index (χ4v) is 3.85. The summed E-state index contributed by atoms with van der Waals surface area (Å²) in [6.45, 7) is 2.58. The first-order valence-corrected chi connectivity index (χ1v) is 9.32. The van der Waals surface area contributed by atoms with Crippen LogP contribution in [0.5, 0.6) is 0 Å². The van der Waals surface area contributed by atoms with Crippen LogP contribution < -0.4 is 5.56 Å². The molecule has 0 radical (unpaired) electrons. The van der Waals surface area contributed by atoms with E-state index in [0.717, 1.165) is 35.3 Å². The van der Waals surface area contributed by atoms with Gasteiger partial charge in [0.15, 0.2) is 0 Å². The predicted molar refractivity (Wildman–Crippen MR) is 101 cm³/mol. The number of aryl methyl sites for hydroxylation is 1. The molecule has 4 rings (SSSR count). The average molecular weight is 385 g/mol. The van der Waals surface area contributed by atoms with E-state index < -0.39 is 18.5 Å². The van der Waals surface area contributed by atoms with E-state index in [-0.39, 0.29) is 6.04 Å². The maximum absolute atomic E-state index is 13.2. The van der Waals surface area contributed by atoms with Crippen molar-refractivity contribution in [2.75, 3.05) is 6.54 Å². The molecule has 1 unspecified atom stereocenters. The zero-order chi connectivity index (χ0) is 19.7. The summed E-state index contributed by atoms with van der Waals surface area (Å²) < 4.78 is 27.6. The molecule has 0 bridgehead atoms. The number of fused-ring (bicyclic) bond motifs is 1. The van der Waals surface area contributed by atoms with E-state index in [0.29, 0.717) is 23.3 Å². The molecular formula is C20H21F2N5O. The summed E-state index contributed by atoms with van der Waals surface area (Å²) in [5.41, 5.74) is 1.81. The van der Waals surface area contributed by atoms with Crippen molar-refractivity contribution in [1.82, 2.24) is 24.4 Å². The molecule has 3 aromatic rings. The normalized spacial score (nSPS) is 17.6. The SMILES string of the molecule is Cc1nccnc1CN1CCCC1c1nc2ccccc2c(=O)n1CC(F)F. The van der Waals surface area contributed by atoms with Gasteiger partial charge in [0.2, 0.25) is 0 Å². The lowest BCUT2D eigenvalue weighted by atomic mass is 10.1. The summed E-state index contributed by atoms with van der Waals surface area (Å²) in [6.07, 6.45) is 2.32. The molecule has 1 atom stereocenters. The van der Waals surface area contributed by atoms with Crippen LogP contribution in [0.1, 0.15) is 36.1 Å². The second-order valence-corrected chi connectivity index (χ2v) is 7.01. The van der Waals surface area contributed by atoms with Crippen molar-refractivity contribution < 1.29 is 8.78 Å². The van der Waals surface area contributed by atoms with Gasteiger partial charge in [0.25, 0.3) is 12.0 Å². The molecule has 2 aromatic heterocycles. The topological polar surface area (TPSA) is 63.9 Å². The van der Waals surface area contributed by atoms with Gasteiger partial charge < -0.3 is 0 Å². The van der Waals surface area contributed by atoms with Crippen LogP contribution in [0.4, 0.5) is 8.78 Å². The van der Waals surface area contributed by atoms with Crippen LogP contribution in [0.15, 0.2) is 41.5 Å². The summed E-state index contributed by atoms with van der Waals surface area (Å²) in [4.78, 5) is 28.4. The van der Waals surface area contributed by atoms with Crippen LogP contribution in [0.2, 0.25) is 0 Å². The minimum atomic E-state index is -2.63. The number of hydrogen-bond donors (Lipinski definition) is 0. The third kappa shape index (κ3) is 3.52. The largest absolute Gasteiger partial charge is 0.289 e. The number of aromatic nitrogens is 4. The molecule has 3 heterocycles. The number of nitrogens with zero attached hydrogens (tertiary/aromatic N) is 5. The van der Waals surface area contributed by atoms with E-state index >= 15 is 0 Å². The third-order valence-corrected chi connectivity index (χ3v) is 5.21. The van der Waals surface area contributed by atoms with Gasteiger partial charge in [0.05, 0.1) is 34.9 Å². The van der Waals surface area contributed by atoms with Gasteiger partial charge >= 0.3 is 0 Å². The fraction of sp³-hybridized carbons (Fsp3) is 0.400. The lowest BCUT2D eigenvalue weighted by Crippen LogP contribution is -2.33. The van der Waals surface area contributed by atoms with Crippen LogP contribution in [-0.4, -0.2) is 37.4 Å². The standard InChI is InChI=1S/C20H21F2N5O/c1-13-16(24-9-8-23-13)11-26-10-4-7-17(26)19-25-15-6-3-2-5-14(15)20(28)27(19)12-18(21)22/h2-3,5-6,8-9,17-18H,4,7,10-12H2,1H3. The summed E-state index contributed by atoms with van der Waals surface area (Å²) in [7, 11) is 0. The van der Waals surface area contributed by atoms with Gasteiger partial charge in [-0.3, -0.25) is 24.2 Å². The van der Waals surface area contributed by atoms with Gasteiger partial charge in [-0.1, -0.05) is 12.1 Å². The molecule has 1 fully saturated rings. The summed E-state index contributed by atoms with van der Waals surface area (Å²) >= 11 is 0. The van der Waals surface area contributed by atoms with E-state index in [1.165, 1.54) is 0 Å². The maximum atomic E-state index is 13.2. The van der Waals surface area contributed by atoms with Gasteiger partial charge in [-0.2, -0.15) is 0 Å². The highest BCUT2D eigenvalue weighted by Gasteiger charge is 2.31. The monoisotopic (exact) mass is 385 g/mol. The van der Waals surface area contributed by atoms with Crippen LogP contribution in [0, 0.1) is 6.92 Å². The molecule has 6 nitrogen and oxygen atoms in total. The summed E-state index contributed by atoms with van der Waals surface area (Å²) in [5, 5.41) is 0.362. The third-order valence-electron chi connectivity index (χ3n) is 5.21. The Bertz CT molecular complexity index is 1050. The highest BCUT2D eigenvalue weighted by molar-refractivity contribution is 5.77.